The van der Waals surface area contributed by atoms with Crippen LogP contribution >= 0.6 is 22.9 Å². The van der Waals surface area contributed by atoms with Crippen LogP contribution in [0.4, 0.5) is 5.82 Å². The number of rotatable bonds is 4. The van der Waals surface area contributed by atoms with Crippen molar-refractivity contribution in [1.29, 1.82) is 0 Å². The number of aliphatic hydroxyl groups is 2. The lowest BCUT2D eigenvalue weighted by Crippen LogP contribution is -2.41. The lowest BCUT2D eigenvalue weighted by atomic mass is 9.93. The number of nitrogens with zero attached hydrogens (tertiary/aromatic N) is 4. The van der Waals surface area contributed by atoms with Crippen molar-refractivity contribution in [3.05, 3.63) is 33.5 Å². The number of carbonyl (C=O) groups is 1. The molecule has 5 unspecified atom stereocenters. The van der Waals surface area contributed by atoms with E-state index < -0.39 is 23.7 Å². The molecule has 34 heavy (non-hydrogen) atoms. The maximum absolute atomic E-state index is 12.5. The second-order valence-corrected chi connectivity index (χ2v) is 10.9. The van der Waals surface area contributed by atoms with Gasteiger partial charge in [-0.2, -0.15) is 0 Å². The summed E-state index contributed by atoms with van der Waals surface area (Å²) in [7, 11) is 1.54. The zero-order valence-electron chi connectivity index (χ0n) is 18.3. The van der Waals surface area contributed by atoms with Crippen LogP contribution in [-0.4, -0.2) is 60.9 Å². The number of hydrogen-bond acceptors (Lipinski definition) is 8. The maximum Gasteiger partial charge on any atom is 0.229 e. The van der Waals surface area contributed by atoms with Crippen molar-refractivity contribution in [2.75, 3.05) is 12.4 Å². The van der Waals surface area contributed by atoms with Crippen LogP contribution in [0.15, 0.2) is 18.5 Å². The fraction of sp³-hybridized carbons (Fsp3) is 0.478. The van der Waals surface area contributed by atoms with Crippen molar-refractivity contribution in [1.82, 2.24) is 24.8 Å². The molecule has 0 radical (unpaired) electrons. The number of halogens is 1. The Morgan fingerprint density at radius 2 is 2.12 bits per heavy atom. The molecule has 0 bridgehead atoms. The molecule has 3 aliphatic carbocycles. The van der Waals surface area contributed by atoms with Crippen LogP contribution < -0.4 is 10.6 Å². The van der Waals surface area contributed by atoms with Crippen molar-refractivity contribution in [3.63, 3.8) is 0 Å². The molecule has 176 valence electrons. The van der Waals surface area contributed by atoms with E-state index in [2.05, 4.69) is 37.4 Å². The van der Waals surface area contributed by atoms with E-state index in [1.165, 1.54) is 17.8 Å². The molecule has 11 heteroatoms. The van der Waals surface area contributed by atoms with Gasteiger partial charge in [-0.1, -0.05) is 11.6 Å². The Balaban J connectivity index is 1.43. The number of nitrogens with one attached hydrogen (secondary N) is 2. The zero-order chi connectivity index (χ0) is 23.6. The van der Waals surface area contributed by atoms with Gasteiger partial charge < -0.3 is 25.4 Å². The molecule has 5 atom stereocenters. The van der Waals surface area contributed by atoms with E-state index in [9.17, 15) is 15.0 Å². The van der Waals surface area contributed by atoms with E-state index in [1.54, 1.807) is 24.0 Å². The Morgan fingerprint density at radius 1 is 1.29 bits per heavy atom. The summed E-state index contributed by atoms with van der Waals surface area (Å²) in [6.45, 7) is 0. The molecule has 1 amide bonds. The number of carbonyl (C=O) groups excluding carboxylic acids is 1. The summed E-state index contributed by atoms with van der Waals surface area (Å²) < 4.78 is 2.43. The summed E-state index contributed by atoms with van der Waals surface area (Å²) in [6, 6.07) is 3.43. The normalized spacial score (nSPS) is 29.8. The Hall–Kier alpha value is -2.71. The first-order valence-electron chi connectivity index (χ1n) is 11.3. The standard InChI is InChI=1S/C23H23ClN6O3S/c1-25-22(33)23-9-13(23)17(18(31)19(23)32)30-10-26-16-20(27-11-3-2-4-11)28-15(29-21(16)30)8-6-12-5-7-14(24)34-12/h5,7,10-11,13,17-19,31-32H,2-4,9H2,1H3,(H,25,33)(H,27,28,29). The third-order valence-electron chi connectivity index (χ3n) is 7.38. The van der Waals surface area contributed by atoms with Gasteiger partial charge in [0.2, 0.25) is 11.7 Å². The molecule has 3 heterocycles. The predicted octanol–water partition coefficient (Wildman–Crippen LogP) is 1.93. The largest absolute Gasteiger partial charge is 0.389 e. The minimum Gasteiger partial charge on any atom is -0.389 e. The Labute approximate surface area is 204 Å². The van der Waals surface area contributed by atoms with Crippen LogP contribution in [0.1, 0.15) is 42.4 Å². The molecular weight excluding hydrogens is 476 g/mol. The predicted molar refractivity (Wildman–Crippen MR) is 128 cm³/mol. The highest BCUT2D eigenvalue weighted by atomic mass is 35.5. The molecule has 0 aromatic carbocycles. The van der Waals surface area contributed by atoms with Crippen LogP contribution in [0.3, 0.4) is 0 Å². The summed E-state index contributed by atoms with van der Waals surface area (Å²) in [5, 5.41) is 27.8. The van der Waals surface area contributed by atoms with Crippen LogP contribution in [0.25, 0.3) is 11.2 Å². The topological polar surface area (TPSA) is 125 Å². The monoisotopic (exact) mass is 498 g/mol. The first-order chi connectivity index (χ1) is 16.4. The number of anilines is 1. The average Bonchev–Trinajstić information content (AvgIpc) is 3.05. The highest BCUT2D eigenvalue weighted by Crippen LogP contribution is 2.67. The minimum atomic E-state index is -1.16. The molecule has 3 aliphatic rings. The number of hydrogen-bond donors (Lipinski definition) is 4. The molecule has 0 aliphatic heterocycles. The summed E-state index contributed by atoms with van der Waals surface area (Å²) in [5.74, 6) is 6.54. The third-order valence-corrected chi connectivity index (χ3v) is 8.53. The minimum absolute atomic E-state index is 0.212. The smallest absolute Gasteiger partial charge is 0.229 e. The molecule has 3 aromatic rings. The number of thiophene rings is 1. The molecule has 0 spiro atoms. The van der Waals surface area contributed by atoms with E-state index in [-0.39, 0.29) is 11.8 Å². The van der Waals surface area contributed by atoms with Gasteiger partial charge in [0.1, 0.15) is 6.10 Å². The summed E-state index contributed by atoms with van der Waals surface area (Å²) in [5.41, 5.74) is 0.119. The molecule has 3 aromatic heterocycles. The average molecular weight is 499 g/mol. The lowest BCUT2D eigenvalue weighted by molar-refractivity contribution is -0.132. The highest BCUT2D eigenvalue weighted by molar-refractivity contribution is 7.16. The van der Waals surface area contributed by atoms with Gasteiger partial charge in [0.05, 0.1) is 33.1 Å². The maximum atomic E-state index is 12.5. The second kappa shape index (κ2) is 7.92. The van der Waals surface area contributed by atoms with Crippen molar-refractivity contribution < 1.29 is 15.0 Å². The van der Waals surface area contributed by atoms with E-state index in [0.29, 0.717) is 39.6 Å². The van der Waals surface area contributed by atoms with Gasteiger partial charge in [0, 0.05) is 19.0 Å². The summed E-state index contributed by atoms with van der Waals surface area (Å²) >= 11 is 7.39. The van der Waals surface area contributed by atoms with Gasteiger partial charge >= 0.3 is 0 Å². The molecular formula is C23H23ClN6O3S. The fourth-order valence-corrected chi connectivity index (χ4v) is 6.22. The number of aromatic nitrogens is 4. The van der Waals surface area contributed by atoms with Crippen molar-refractivity contribution >= 4 is 45.8 Å². The Bertz CT molecular complexity index is 1360. The lowest BCUT2D eigenvalue weighted by Gasteiger charge is -2.27. The molecule has 6 rings (SSSR count). The zero-order valence-corrected chi connectivity index (χ0v) is 19.9. The Morgan fingerprint density at radius 3 is 2.79 bits per heavy atom. The van der Waals surface area contributed by atoms with Gasteiger partial charge in [-0.25, -0.2) is 15.0 Å². The second-order valence-electron chi connectivity index (χ2n) is 9.20. The molecule has 3 saturated carbocycles. The molecule has 4 N–H and O–H groups in total. The van der Waals surface area contributed by atoms with E-state index in [1.807, 2.05) is 6.07 Å². The van der Waals surface area contributed by atoms with Gasteiger partial charge in [-0.05, 0) is 49.7 Å². The van der Waals surface area contributed by atoms with Crippen molar-refractivity contribution in [3.8, 4) is 11.8 Å². The fourth-order valence-electron chi connectivity index (χ4n) is 5.32. The quantitative estimate of drug-likeness (QED) is 0.405. The van der Waals surface area contributed by atoms with Crippen LogP contribution in [0, 0.1) is 23.2 Å². The van der Waals surface area contributed by atoms with Crippen LogP contribution in [-0.2, 0) is 4.79 Å². The van der Waals surface area contributed by atoms with E-state index in [4.69, 9.17) is 11.6 Å². The van der Waals surface area contributed by atoms with E-state index >= 15 is 0 Å². The summed E-state index contributed by atoms with van der Waals surface area (Å²) in [6.07, 6.45) is 3.13. The van der Waals surface area contributed by atoms with Crippen molar-refractivity contribution in [2.24, 2.45) is 11.3 Å². The van der Waals surface area contributed by atoms with Gasteiger partial charge in [-0.3, -0.25) is 4.79 Å². The van der Waals surface area contributed by atoms with Gasteiger partial charge in [0.15, 0.2) is 17.0 Å². The number of amides is 1. The van der Waals surface area contributed by atoms with Crippen molar-refractivity contribution in [2.45, 2.75) is 50.0 Å². The molecule has 0 saturated heterocycles. The van der Waals surface area contributed by atoms with Gasteiger partial charge in [-0.15, -0.1) is 11.3 Å². The number of imidazole rings is 1. The van der Waals surface area contributed by atoms with Crippen LogP contribution in [0.2, 0.25) is 4.34 Å². The molecule has 3 fully saturated rings. The number of fused-ring (bicyclic) bond motifs is 2. The molecule has 9 nitrogen and oxygen atoms in total. The first-order valence-corrected chi connectivity index (χ1v) is 12.5. The Kier molecular flexibility index (Phi) is 5.08. The first kappa shape index (κ1) is 21.8. The highest BCUT2D eigenvalue weighted by Gasteiger charge is 2.75. The van der Waals surface area contributed by atoms with Crippen LogP contribution in [0.5, 0.6) is 0 Å². The third kappa shape index (κ3) is 3.22. The number of aliphatic hydroxyl groups excluding tert-OH is 2. The van der Waals surface area contributed by atoms with Gasteiger partial charge in [0.25, 0.3) is 0 Å². The van der Waals surface area contributed by atoms with E-state index in [0.717, 1.165) is 17.7 Å². The SMILES string of the molecule is CNC(=O)C12CC1C(n1cnc3c(NC4CCC4)nc(C#Cc4ccc(Cl)s4)nc31)C(O)C2O. The summed E-state index contributed by atoms with van der Waals surface area (Å²) in [4.78, 5) is 27.2.